The van der Waals surface area contributed by atoms with Crippen LogP contribution < -0.4 is 10.7 Å². The number of carbonyl (C=O) groups excluding carboxylic acids is 1. The van der Waals surface area contributed by atoms with Crippen LogP contribution in [0.5, 0.6) is 0 Å². The maximum atomic E-state index is 14.2. The highest BCUT2D eigenvalue weighted by Gasteiger charge is 2.19. The van der Waals surface area contributed by atoms with Gasteiger partial charge in [0.2, 0.25) is 5.43 Å². The lowest BCUT2D eigenvalue weighted by molar-refractivity contribution is 0.0337. The molecule has 0 atom stereocenters. The highest BCUT2D eigenvalue weighted by atomic mass is 32.1. The fourth-order valence-corrected chi connectivity index (χ4v) is 3.85. The van der Waals surface area contributed by atoms with Crippen LogP contribution in [0.25, 0.3) is 5.69 Å². The summed E-state index contributed by atoms with van der Waals surface area (Å²) in [5.74, 6) is -1.19. The van der Waals surface area contributed by atoms with Crippen molar-refractivity contribution in [3.63, 3.8) is 0 Å². The van der Waals surface area contributed by atoms with Gasteiger partial charge in [-0.1, -0.05) is 12.1 Å². The Morgan fingerprint density at radius 2 is 2.07 bits per heavy atom. The van der Waals surface area contributed by atoms with Crippen molar-refractivity contribution in [2.24, 2.45) is 0 Å². The topological polar surface area (TPSA) is 89.3 Å². The second-order valence-corrected chi connectivity index (χ2v) is 7.71. The number of amides is 1. The van der Waals surface area contributed by atoms with Crippen LogP contribution in [0, 0.1) is 12.7 Å². The summed E-state index contributed by atoms with van der Waals surface area (Å²) in [6.45, 7) is 5.35. The van der Waals surface area contributed by atoms with Crippen molar-refractivity contribution >= 4 is 22.4 Å². The number of hydrogen-bond donors (Lipinski definition) is 1. The number of carbonyl (C=O) groups is 1. The van der Waals surface area contributed by atoms with Crippen LogP contribution in [-0.2, 0) is 11.3 Å². The molecule has 1 N–H and O–H groups in total. The molecule has 156 valence electrons. The van der Waals surface area contributed by atoms with Gasteiger partial charge in [-0.2, -0.15) is 5.10 Å². The molecular formula is C20H20FN5O3S. The molecule has 3 aromatic rings. The first-order valence-corrected chi connectivity index (χ1v) is 10.3. The van der Waals surface area contributed by atoms with Crippen molar-refractivity contribution in [3.8, 4) is 5.69 Å². The third-order valence-corrected chi connectivity index (χ3v) is 5.47. The van der Waals surface area contributed by atoms with Gasteiger partial charge in [0, 0.05) is 36.8 Å². The second-order valence-electron chi connectivity index (χ2n) is 6.85. The monoisotopic (exact) mass is 429 g/mol. The summed E-state index contributed by atoms with van der Waals surface area (Å²) in [4.78, 5) is 31.7. The number of aromatic nitrogens is 3. The Kier molecular flexibility index (Phi) is 5.98. The summed E-state index contributed by atoms with van der Waals surface area (Å²) < 4.78 is 20.8. The summed E-state index contributed by atoms with van der Waals surface area (Å²) in [6, 6.07) is 7.30. The minimum Gasteiger partial charge on any atom is -0.379 e. The van der Waals surface area contributed by atoms with Gasteiger partial charge in [-0.15, -0.1) is 11.3 Å². The summed E-state index contributed by atoms with van der Waals surface area (Å²) >= 11 is 1.28. The molecule has 0 unspecified atom stereocenters. The van der Waals surface area contributed by atoms with E-state index in [0.717, 1.165) is 18.8 Å². The van der Waals surface area contributed by atoms with Gasteiger partial charge in [-0.3, -0.25) is 19.8 Å². The number of para-hydroxylation sites is 1. The molecular weight excluding hydrogens is 409 g/mol. The molecule has 1 aromatic carbocycles. The van der Waals surface area contributed by atoms with Crippen LogP contribution in [0.2, 0.25) is 0 Å². The average Bonchev–Trinajstić information content (AvgIpc) is 3.16. The van der Waals surface area contributed by atoms with E-state index in [9.17, 15) is 14.0 Å². The van der Waals surface area contributed by atoms with Gasteiger partial charge in [0.25, 0.3) is 5.91 Å². The van der Waals surface area contributed by atoms with Crippen LogP contribution in [0.1, 0.15) is 21.9 Å². The SMILES string of the molecule is Cc1cc(=O)c(C(=O)Nc2nc(CN3CCOCC3)cs2)nn1-c1ccccc1F. The van der Waals surface area contributed by atoms with Crippen LogP contribution in [-0.4, -0.2) is 51.9 Å². The number of thiazole rings is 1. The third kappa shape index (κ3) is 4.45. The molecule has 8 nitrogen and oxygen atoms in total. The molecule has 1 aliphatic rings. The highest BCUT2D eigenvalue weighted by molar-refractivity contribution is 7.13. The smallest absolute Gasteiger partial charge is 0.281 e. The van der Waals surface area contributed by atoms with E-state index in [4.69, 9.17) is 4.74 Å². The van der Waals surface area contributed by atoms with Crippen LogP contribution >= 0.6 is 11.3 Å². The van der Waals surface area contributed by atoms with Gasteiger partial charge in [-0.25, -0.2) is 14.1 Å². The predicted octanol–water partition coefficient (Wildman–Crippen LogP) is 2.22. The van der Waals surface area contributed by atoms with Crippen molar-refractivity contribution in [2.75, 3.05) is 31.6 Å². The molecule has 0 aliphatic carbocycles. The number of nitrogens with zero attached hydrogens (tertiary/aromatic N) is 4. The maximum absolute atomic E-state index is 14.2. The molecule has 1 saturated heterocycles. The minimum absolute atomic E-state index is 0.158. The molecule has 1 fully saturated rings. The second kappa shape index (κ2) is 8.82. The van der Waals surface area contributed by atoms with E-state index < -0.39 is 17.2 Å². The molecule has 0 radical (unpaired) electrons. The van der Waals surface area contributed by atoms with Gasteiger partial charge < -0.3 is 4.74 Å². The highest BCUT2D eigenvalue weighted by Crippen LogP contribution is 2.18. The fraction of sp³-hybridized carbons (Fsp3) is 0.300. The third-order valence-electron chi connectivity index (χ3n) is 4.66. The van der Waals surface area contributed by atoms with Crippen LogP contribution in [0.4, 0.5) is 9.52 Å². The summed E-state index contributed by atoms with van der Waals surface area (Å²) in [5, 5.41) is 8.98. The summed E-state index contributed by atoms with van der Waals surface area (Å²) in [7, 11) is 0. The Morgan fingerprint density at radius 3 is 2.83 bits per heavy atom. The number of aryl methyl sites for hydroxylation is 1. The lowest BCUT2D eigenvalue weighted by atomic mass is 10.2. The first-order chi connectivity index (χ1) is 14.5. The van der Waals surface area contributed by atoms with E-state index >= 15 is 0 Å². The van der Waals surface area contributed by atoms with Gasteiger partial charge >= 0.3 is 0 Å². The molecule has 1 aliphatic heterocycles. The molecule has 0 spiro atoms. The van der Waals surface area contributed by atoms with Gasteiger partial charge in [-0.05, 0) is 19.1 Å². The molecule has 1 amide bonds. The number of halogens is 1. The van der Waals surface area contributed by atoms with E-state index in [0.29, 0.717) is 30.6 Å². The summed E-state index contributed by atoms with van der Waals surface area (Å²) in [6.07, 6.45) is 0. The van der Waals surface area contributed by atoms with Gasteiger partial charge in [0.05, 0.1) is 18.9 Å². The van der Waals surface area contributed by atoms with Crippen molar-refractivity contribution in [2.45, 2.75) is 13.5 Å². The fourth-order valence-electron chi connectivity index (χ4n) is 3.15. The number of ether oxygens (including phenoxy) is 1. The Balaban J connectivity index is 1.53. The van der Waals surface area contributed by atoms with Crippen molar-refractivity contribution in [1.82, 2.24) is 19.7 Å². The normalized spacial score (nSPS) is 14.6. The zero-order valence-electron chi connectivity index (χ0n) is 16.3. The lowest BCUT2D eigenvalue weighted by Crippen LogP contribution is -2.35. The molecule has 2 aromatic heterocycles. The van der Waals surface area contributed by atoms with Gasteiger partial charge in [0.1, 0.15) is 11.5 Å². The van der Waals surface area contributed by atoms with E-state index in [1.807, 2.05) is 5.38 Å². The average molecular weight is 429 g/mol. The number of benzene rings is 1. The number of anilines is 1. The quantitative estimate of drug-likeness (QED) is 0.669. The van der Waals surface area contributed by atoms with Crippen LogP contribution in [0.15, 0.2) is 40.5 Å². The number of nitrogens with one attached hydrogen (secondary N) is 1. The van der Waals surface area contributed by atoms with Crippen molar-refractivity contribution in [3.05, 3.63) is 68.8 Å². The number of rotatable bonds is 5. The van der Waals surface area contributed by atoms with E-state index in [2.05, 4.69) is 20.3 Å². The first kappa shape index (κ1) is 20.3. The summed E-state index contributed by atoms with van der Waals surface area (Å²) in [5.41, 5.74) is 0.545. The predicted molar refractivity (Wildman–Crippen MR) is 111 cm³/mol. The Bertz CT molecular complexity index is 1120. The standard InChI is InChI=1S/C20H20FN5O3S/c1-13-10-17(27)18(24-26(13)16-5-3-2-4-15(16)21)19(28)23-20-22-14(12-30-20)11-25-6-8-29-9-7-25/h2-5,10,12H,6-9,11H2,1H3,(H,22,23,28). The number of morpholine rings is 1. The van der Waals surface area contributed by atoms with Crippen molar-refractivity contribution in [1.29, 1.82) is 0 Å². The molecule has 10 heteroatoms. The Labute approximate surface area is 175 Å². The number of hydrogen-bond acceptors (Lipinski definition) is 7. The zero-order valence-corrected chi connectivity index (χ0v) is 17.1. The molecule has 3 heterocycles. The zero-order chi connectivity index (χ0) is 21.1. The lowest BCUT2D eigenvalue weighted by Gasteiger charge is -2.25. The van der Waals surface area contributed by atoms with Crippen molar-refractivity contribution < 1.29 is 13.9 Å². The Morgan fingerprint density at radius 1 is 1.30 bits per heavy atom. The maximum Gasteiger partial charge on any atom is 0.281 e. The molecule has 0 saturated carbocycles. The van der Waals surface area contributed by atoms with Crippen LogP contribution in [0.3, 0.4) is 0 Å². The largest absolute Gasteiger partial charge is 0.379 e. The molecule has 30 heavy (non-hydrogen) atoms. The molecule has 4 rings (SSSR count). The first-order valence-electron chi connectivity index (χ1n) is 9.43. The van der Waals surface area contributed by atoms with E-state index in [1.54, 1.807) is 19.1 Å². The van der Waals surface area contributed by atoms with E-state index in [-0.39, 0.29) is 11.4 Å². The minimum atomic E-state index is -0.683. The Hall–Kier alpha value is -2.95. The van der Waals surface area contributed by atoms with Gasteiger partial charge in [0.15, 0.2) is 10.8 Å². The molecule has 0 bridgehead atoms. The van der Waals surface area contributed by atoms with E-state index in [1.165, 1.54) is 34.2 Å².